The number of carbonyl (C=O) groups excluding carboxylic acids is 2. The molecule has 0 spiro atoms. The molecule has 1 saturated heterocycles. The number of carbonyl (C=O) groups is 2. The topological polar surface area (TPSA) is 67.2 Å². The molecule has 1 aliphatic heterocycles. The van der Waals surface area contributed by atoms with Gasteiger partial charge in [-0.05, 0) is 36.8 Å². The van der Waals surface area contributed by atoms with Gasteiger partial charge in [-0.1, -0.05) is 30.3 Å². The van der Waals surface area contributed by atoms with Gasteiger partial charge in [-0.15, -0.1) is 0 Å². The largest absolute Gasteiger partial charge is 0.349 e. The van der Waals surface area contributed by atoms with Gasteiger partial charge in [0.2, 0.25) is 11.8 Å². The van der Waals surface area contributed by atoms with Gasteiger partial charge in [0.25, 0.3) is 0 Å². The lowest BCUT2D eigenvalue weighted by atomic mass is 10.0. The second-order valence-corrected chi connectivity index (χ2v) is 7.03. The zero-order chi connectivity index (χ0) is 19.5. The van der Waals surface area contributed by atoms with Gasteiger partial charge < -0.3 is 14.8 Å². The van der Waals surface area contributed by atoms with Crippen molar-refractivity contribution in [2.24, 2.45) is 5.92 Å². The number of benzene rings is 2. The van der Waals surface area contributed by atoms with E-state index in [2.05, 4.69) is 10.3 Å². The van der Waals surface area contributed by atoms with Crippen LogP contribution < -0.4 is 10.2 Å². The van der Waals surface area contributed by atoms with Gasteiger partial charge in [-0.3, -0.25) is 9.59 Å². The third-order valence-electron chi connectivity index (χ3n) is 5.12. The van der Waals surface area contributed by atoms with Crippen molar-refractivity contribution in [3.8, 4) is 5.69 Å². The molecule has 3 aromatic rings. The fourth-order valence-corrected chi connectivity index (χ4v) is 3.50. The Balaban J connectivity index is 1.39. The molecule has 1 aromatic heterocycles. The Labute approximate surface area is 163 Å². The number of hydrogen-bond donors (Lipinski definition) is 1. The molecule has 4 rings (SSSR count). The number of hydrogen-bond acceptors (Lipinski definition) is 3. The predicted octanol–water partition coefficient (Wildman–Crippen LogP) is 3.10. The van der Waals surface area contributed by atoms with Crippen molar-refractivity contribution < 1.29 is 9.59 Å². The van der Waals surface area contributed by atoms with Crippen LogP contribution in [0.4, 0.5) is 5.69 Å². The summed E-state index contributed by atoms with van der Waals surface area (Å²) < 4.78 is 1.93. The minimum Gasteiger partial charge on any atom is -0.349 e. The Morgan fingerprint density at radius 3 is 2.54 bits per heavy atom. The lowest BCUT2D eigenvalue weighted by Gasteiger charge is -2.19. The first-order valence-corrected chi connectivity index (χ1v) is 9.36. The monoisotopic (exact) mass is 374 g/mol. The van der Waals surface area contributed by atoms with E-state index in [1.807, 2.05) is 72.3 Å². The van der Waals surface area contributed by atoms with Crippen molar-refractivity contribution in [2.75, 3.05) is 11.4 Å². The van der Waals surface area contributed by atoms with Crippen LogP contribution in [0.2, 0.25) is 0 Å². The quantitative estimate of drug-likeness (QED) is 0.746. The van der Waals surface area contributed by atoms with E-state index in [-0.39, 0.29) is 30.2 Å². The molecular formula is C22H22N4O2. The molecule has 1 fully saturated rings. The number of anilines is 1. The molecule has 28 heavy (non-hydrogen) atoms. The van der Waals surface area contributed by atoms with E-state index in [0.717, 1.165) is 16.9 Å². The minimum atomic E-state index is -0.333. The Morgan fingerprint density at radius 1 is 1.11 bits per heavy atom. The summed E-state index contributed by atoms with van der Waals surface area (Å²) in [6, 6.07) is 17.3. The molecule has 6 nitrogen and oxygen atoms in total. The molecule has 2 amide bonds. The number of aromatic nitrogens is 2. The van der Waals surface area contributed by atoms with Crippen LogP contribution in [-0.2, 0) is 9.59 Å². The van der Waals surface area contributed by atoms with Gasteiger partial charge in [0.1, 0.15) is 0 Å². The molecule has 1 aliphatic rings. The van der Waals surface area contributed by atoms with Gasteiger partial charge in [0, 0.05) is 36.7 Å². The number of para-hydroxylation sites is 1. The highest BCUT2D eigenvalue weighted by molar-refractivity contribution is 6.00. The zero-order valence-electron chi connectivity index (χ0n) is 15.7. The fourth-order valence-electron chi connectivity index (χ4n) is 3.50. The second-order valence-electron chi connectivity index (χ2n) is 7.03. The van der Waals surface area contributed by atoms with Crippen LogP contribution in [0, 0.1) is 5.92 Å². The first-order chi connectivity index (χ1) is 13.6. The minimum absolute atomic E-state index is 0.0105. The molecule has 2 atom stereocenters. The summed E-state index contributed by atoms with van der Waals surface area (Å²) in [5.74, 6) is -0.429. The van der Waals surface area contributed by atoms with Gasteiger partial charge in [0.05, 0.1) is 18.3 Å². The maximum Gasteiger partial charge on any atom is 0.227 e. The van der Waals surface area contributed by atoms with Crippen molar-refractivity contribution in [1.82, 2.24) is 14.9 Å². The third kappa shape index (κ3) is 3.67. The van der Waals surface area contributed by atoms with E-state index < -0.39 is 0 Å². The summed E-state index contributed by atoms with van der Waals surface area (Å²) in [6.07, 6.45) is 5.61. The van der Waals surface area contributed by atoms with Crippen molar-refractivity contribution in [1.29, 1.82) is 0 Å². The Morgan fingerprint density at radius 2 is 1.86 bits per heavy atom. The van der Waals surface area contributed by atoms with Crippen molar-refractivity contribution in [3.63, 3.8) is 0 Å². The number of imidazole rings is 1. The maximum atomic E-state index is 12.7. The van der Waals surface area contributed by atoms with E-state index in [0.29, 0.717) is 6.54 Å². The smallest absolute Gasteiger partial charge is 0.227 e. The molecule has 142 valence electrons. The van der Waals surface area contributed by atoms with Crippen LogP contribution in [0.3, 0.4) is 0 Å². The molecule has 6 heteroatoms. The summed E-state index contributed by atoms with van der Waals surface area (Å²) >= 11 is 0. The van der Waals surface area contributed by atoms with Crippen LogP contribution in [0.1, 0.15) is 24.9 Å². The average Bonchev–Trinajstić information content (AvgIpc) is 3.39. The number of nitrogens with zero attached hydrogens (tertiary/aromatic N) is 3. The van der Waals surface area contributed by atoms with Crippen molar-refractivity contribution in [3.05, 3.63) is 78.9 Å². The van der Waals surface area contributed by atoms with E-state index >= 15 is 0 Å². The fraction of sp³-hybridized carbons (Fsp3) is 0.227. The number of amides is 2. The molecule has 0 saturated carbocycles. The van der Waals surface area contributed by atoms with E-state index in [4.69, 9.17) is 0 Å². The average molecular weight is 374 g/mol. The maximum absolute atomic E-state index is 12.7. The third-order valence-corrected chi connectivity index (χ3v) is 5.12. The summed E-state index contributed by atoms with van der Waals surface area (Å²) in [5, 5.41) is 3.05. The SMILES string of the molecule is C[C@H](NC(=O)[C@@H]1CC(=O)N(c2ccccc2)C1)c1ccc(-n2ccnc2)cc1. The lowest BCUT2D eigenvalue weighted by molar-refractivity contribution is -0.126. The highest BCUT2D eigenvalue weighted by Gasteiger charge is 2.35. The van der Waals surface area contributed by atoms with Crippen LogP contribution in [-0.4, -0.2) is 27.9 Å². The highest BCUT2D eigenvalue weighted by Crippen LogP contribution is 2.25. The van der Waals surface area contributed by atoms with Crippen LogP contribution in [0.25, 0.3) is 5.69 Å². The Kier molecular flexibility index (Phi) is 4.93. The molecule has 0 aliphatic carbocycles. The van der Waals surface area contributed by atoms with Gasteiger partial charge >= 0.3 is 0 Å². The summed E-state index contributed by atoms with van der Waals surface area (Å²) in [4.78, 5) is 30.8. The molecule has 1 N–H and O–H groups in total. The molecule has 0 radical (unpaired) electrons. The Bertz CT molecular complexity index is 952. The first kappa shape index (κ1) is 18.0. The normalized spacial score (nSPS) is 17.5. The van der Waals surface area contributed by atoms with Crippen LogP contribution in [0.15, 0.2) is 73.3 Å². The number of nitrogens with one attached hydrogen (secondary N) is 1. The second kappa shape index (κ2) is 7.68. The van der Waals surface area contributed by atoms with Gasteiger partial charge in [-0.2, -0.15) is 0 Å². The Hall–Kier alpha value is -3.41. The molecule has 0 unspecified atom stereocenters. The summed E-state index contributed by atoms with van der Waals surface area (Å²) in [5.41, 5.74) is 2.87. The van der Waals surface area contributed by atoms with Gasteiger partial charge in [-0.25, -0.2) is 4.98 Å². The lowest BCUT2D eigenvalue weighted by Crippen LogP contribution is -2.34. The molecule has 0 bridgehead atoms. The summed E-state index contributed by atoms with van der Waals surface area (Å²) in [6.45, 7) is 2.37. The summed E-state index contributed by atoms with van der Waals surface area (Å²) in [7, 11) is 0. The highest BCUT2D eigenvalue weighted by atomic mass is 16.2. The molecule has 2 aromatic carbocycles. The molecule has 2 heterocycles. The van der Waals surface area contributed by atoms with Crippen LogP contribution >= 0.6 is 0 Å². The van der Waals surface area contributed by atoms with E-state index in [9.17, 15) is 9.59 Å². The van der Waals surface area contributed by atoms with Gasteiger partial charge in [0.15, 0.2) is 0 Å². The number of rotatable bonds is 5. The van der Waals surface area contributed by atoms with E-state index in [1.165, 1.54) is 0 Å². The first-order valence-electron chi connectivity index (χ1n) is 9.36. The van der Waals surface area contributed by atoms with E-state index in [1.54, 1.807) is 17.4 Å². The molecular weight excluding hydrogens is 352 g/mol. The zero-order valence-corrected chi connectivity index (χ0v) is 15.7. The predicted molar refractivity (Wildman–Crippen MR) is 107 cm³/mol. The standard InChI is InChI=1S/C22H22N4O2/c1-16(17-7-9-19(10-8-17)25-12-11-23-15-25)24-22(28)18-13-21(27)26(14-18)20-5-3-2-4-6-20/h2-12,15-16,18H,13-14H2,1H3,(H,24,28)/t16-,18+/m0/s1. The van der Waals surface area contributed by atoms with Crippen molar-refractivity contribution in [2.45, 2.75) is 19.4 Å². The van der Waals surface area contributed by atoms with Crippen molar-refractivity contribution >= 4 is 17.5 Å². The van der Waals surface area contributed by atoms with Crippen LogP contribution in [0.5, 0.6) is 0 Å².